The van der Waals surface area contributed by atoms with Gasteiger partial charge in [-0.3, -0.25) is 15.4 Å². The Morgan fingerprint density at radius 2 is 1.96 bits per heavy atom. The van der Waals surface area contributed by atoms with E-state index in [2.05, 4.69) is 5.32 Å². The molecule has 1 aliphatic heterocycles. The fraction of sp³-hybridized carbons (Fsp3) is 0.250. The third-order valence-corrected chi connectivity index (χ3v) is 3.97. The maximum atomic E-state index is 10.7. The number of ether oxygens (including phenoxy) is 1. The summed E-state index contributed by atoms with van der Waals surface area (Å²) in [6, 6.07) is 10.4. The summed E-state index contributed by atoms with van der Waals surface area (Å²) in [5.74, 6) is 0.0466. The number of nitro groups is 1. The molecular formula is C16H16N2O5. The summed E-state index contributed by atoms with van der Waals surface area (Å²) in [6.45, 7) is 2.23. The van der Waals surface area contributed by atoms with Gasteiger partial charge in [0.25, 0.3) is 5.69 Å². The van der Waals surface area contributed by atoms with Gasteiger partial charge in [-0.15, -0.1) is 0 Å². The number of hydrogen-bond donors (Lipinski definition) is 3. The van der Waals surface area contributed by atoms with Crippen molar-refractivity contribution in [2.24, 2.45) is 0 Å². The molecule has 0 spiro atoms. The van der Waals surface area contributed by atoms with Gasteiger partial charge in [-0.25, -0.2) is 0 Å². The van der Waals surface area contributed by atoms with Crippen LogP contribution in [0, 0.1) is 10.1 Å². The molecule has 0 aromatic heterocycles. The van der Waals surface area contributed by atoms with Crippen molar-refractivity contribution < 1.29 is 19.9 Å². The first-order valence-corrected chi connectivity index (χ1v) is 7.09. The number of aromatic hydroxyl groups is 2. The van der Waals surface area contributed by atoms with Crippen LogP contribution in [0.3, 0.4) is 0 Å². The van der Waals surface area contributed by atoms with Gasteiger partial charge >= 0.3 is 0 Å². The number of nitrogens with zero attached hydrogens (tertiary/aromatic N) is 1. The van der Waals surface area contributed by atoms with Crippen molar-refractivity contribution in [1.82, 2.24) is 5.32 Å². The molecule has 1 fully saturated rings. The fourth-order valence-electron chi connectivity index (χ4n) is 2.72. The molecule has 1 saturated heterocycles. The molecule has 3 N–H and O–H groups in total. The van der Waals surface area contributed by atoms with Crippen molar-refractivity contribution in [3.8, 4) is 11.5 Å². The van der Waals surface area contributed by atoms with E-state index in [4.69, 9.17) is 4.74 Å². The van der Waals surface area contributed by atoms with Crippen molar-refractivity contribution in [2.45, 2.75) is 18.8 Å². The molecule has 2 aromatic rings. The molecule has 1 aliphatic rings. The Morgan fingerprint density at radius 3 is 2.61 bits per heavy atom. The smallest absolute Gasteiger partial charge is 0.269 e. The van der Waals surface area contributed by atoms with E-state index in [0.717, 1.165) is 5.56 Å². The second kappa shape index (κ2) is 5.53. The van der Waals surface area contributed by atoms with Crippen molar-refractivity contribution in [3.05, 3.63) is 63.7 Å². The summed E-state index contributed by atoms with van der Waals surface area (Å²) in [5.41, 5.74) is 0.288. The first kappa shape index (κ1) is 15.3. The molecule has 0 amide bonds. The average Bonchev–Trinajstić information content (AvgIpc) is 2.93. The number of nitrogens with one attached hydrogen (secondary N) is 1. The molecule has 2 atom stereocenters. The Balaban J connectivity index is 1.84. The first-order chi connectivity index (χ1) is 10.9. The van der Waals surface area contributed by atoms with Crippen LogP contribution in [0.25, 0.3) is 0 Å². The van der Waals surface area contributed by atoms with E-state index in [9.17, 15) is 20.3 Å². The summed E-state index contributed by atoms with van der Waals surface area (Å²) in [6.07, 6.45) is -0.317. The molecule has 7 nitrogen and oxygen atoms in total. The predicted molar refractivity (Wildman–Crippen MR) is 82.0 cm³/mol. The van der Waals surface area contributed by atoms with E-state index < -0.39 is 10.6 Å². The zero-order chi connectivity index (χ0) is 16.6. The Labute approximate surface area is 132 Å². The monoisotopic (exact) mass is 316 g/mol. The van der Waals surface area contributed by atoms with E-state index in [0.29, 0.717) is 12.1 Å². The SMILES string of the molecule is C[C@]1(c2cc(O)ccc2O)NC[C@@H](c2ccc([N+](=O)[O-])cc2)O1. The minimum Gasteiger partial charge on any atom is -0.508 e. The Bertz CT molecular complexity index is 747. The Hall–Kier alpha value is -2.64. The number of hydrogen-bond acceptors (Lipinski definition) is 6. The largest absolute Gasteiger partial charge is 0.508 e. The van der Waals surface area contributed by atoms with E-state index in [1.54, 1.807) is 19.1 Å². The standard InChI is InChI=1S/C16H16N2O5/c1-16(13-8-12(19)6-7-14(13)20)17-9-15(23-16)10-2-4-11(5-3-10)18(21)22/h2-8,15,17,19-20H,9H2,1H3/t15-,16-/m0/s1. The molecule has 120 valence electrons. The lowest BCUT2D eigenvalue weighted by molar-refractivity contribution is -0.384. The van der Waals surface area contributed by atoms with E-state index in [1.165, 1.54) is 30.3 Å². The minimum absolute atomic E-state index is 0.0159. The highest BCUT2D eigenvalue weighted by molar-refractivity contribution is 5.43. The molecule has 0 bridgehead atoms. The lowest BCUT2D eigenvalue weighted by Crippen LogP contribution is -2.34. The first-order valence-electron chi connectivity index (χ1n) is 7.09. The van der Waals surface area contributed by atoms with E-state index in [1.807, 2.05) is 0 Å². The van der Waals surface area contributed by atoms with E-state index in [-0.39, 0.29) is 23.3 Å². The van der Waals surface area contributed by atoms with Crippen LogP contribution in [0.15, 0.2) is 42.5 Å². The van der Waals surface area contributed by atoms with Gasteiger partial charge in [-0.2, -0.15) is 0 Å². The van der Waals surface area contributed by atoms with Crippen LogP contribution in [0.4, 0.5) is 5.69 Å². The lowest BCUT2D eigenvalue weighted by atomic mass is 10.0. The number of phenols is 2. The zero-order valence-corrected chi connectivity index (χ0v) is 12.4. The molecule has 0 radical (unpaired) electrons. The molecule has 0 saturated carbocycles. The van der Waals surface area contributed by atoms with Crippen LogP contribution in [0.5, 0.6) is 11.5 Å². The summed E-state index contributed by atoms with van der Waals surface area (Å²) in [4.78, 5) is 10.2. The maximum absolute atomic E-state index is 10.7. The van der Waals surface area contributed by atoms with Gasteiger partial charge in [0, 0.05) is 24.2 Å². The molecule has 2 aromatic carbocycles. The number of rotatable bonds is 3. The summed E-state index contributed by atoms with van der Waals surface area (Å²) >= 11 is 0. The number of nitro benzene ring substituents is 1. The number of benzene rings is 2. The van der Waals surface area contributed by atoms with Crippen molar-refractivity contribution in [1.29, 1.82) is 0 Å². The third kappa shape index (κ3) is 2.84. The van der Waals surface area contributed by atoms with Crippen molar-refractivity contribution in [3.63, 3.8) is 0 Å². The van der Waals surface area contributed by atoms with Crippen LogP contribution < -0.4 is 5.32 Å². The van der Waals surface area contributed by atoms with Gasteiger partial charge in [-0.05, 0) is 42.8 Å². The molecule has 0 unspecified atom stereocenters. The van der Waals surface area contributed by atoms with Crippen molar-refractivity contribution in [2.75, 3.05) is 6.54 Å². The van der Waals surface area contributed by atoms with Gasteiger partial charge in [-0.1, -0.05) is 0 Å². The zero-order valence-electron chi connectivity index (χ0n) is 12.4. The maximum Gasteiger partial charge on any atom is 0.269 e. The summed E-state index contributed by atoms with van der Waals surface area (Å²) in [7, 11) is 0. The molecule has 7 heteroatoms. The van der Waals surface area contributed by atoms with Gasteiger partial charge in [0.2, 0.25) is 0 Å². The number of non-ortho nitro benzene ring substituents is 1. The Morgan fingerprint density at radius 1 is 1.26 bits per heavy atom. The molecule has 0 aliphatic carbocycles. The van der Waals surface area contributed by atoms with Crippen molar-refractivity contribution >= 4 is 5.69 Å². The quantitative estimate of drug-likeness (QED) is 0.456. The highest BCUT2D eigenvalue weighted by atomic mass is 16.6. The second-order valence-corrected chi connectivity index (χ2v) is 5.57. The lowest BCUT2D eigenvalue weighted by Gasteiger charge is -2.26. The van der Waals surface area contributed by atoms with Crippen LogP contribution >= 0.6 is 0 Å². The fourth-order valence-corrected chi connectivity index (χ4v) is 2.72. The van der Waals surface area contributed by atoms with Gasteiger partial charge in [0.15, 0.2) is 0 Å². The molecule has 23 heavy (non-hydrogen) atoms. The molecule has 3 rings (SSSR count). The second-order valence-electron chi connectivity index (χ2n) is 5.57. The topological polar surface area (TPSA) is 105 Å². The van der Waals surface area contributed by atoms with Crippen LogP contribution in [0.1, 0.15) is 24.2 Å². The summed E-state index contributed by atoms with van der Waals surface area (Å²) in [5, 5.41) is 33.5. The average molecular weight is 316 g/mol. The van der Waals surface area contributed by atoms with E-state index >= 15 is 0 Å². The molecular weight excluding hydrogens is 300 g/mol. The van der Waals surface area contributed by atoms with Crippen LogP contribution in [0.2, 0.25) is 0 Å². The third-order valence-electron chi connectivity index (χ3n) is 3.97. The predicted octanol–water partition coefficient (Wildman–Crippen LogP) is 2.54. The highest BCUT2D eigenvalue weighted by Crippen LogP contribution is 2.40. The summed E-state index contributed by atoms with van der Waals surface area (Å²) < 4.78 is 6.01. The minimum atomic E-state index is -0.963. The molecule has 1 heterocycles. The van der Waals surface area contributed by atoms with Crippen LogP contribution in [-0.4, -0.2) is 21.7 Å². The highest BCUT2D eigenvalue weighted by Gasteiger charge is 2.39. The van der Waals surface area contributed by atoms with Gasteiger partial charge in [0.05, 0.1) is 11.0 Å². The van der Waals surface area contributed by atoms with Gasteiger partial charge in [0.1, 0.15) is 17.2 Å². The Kier molecular flexibility index (Phi) is 3.67. The van der Waals surface area contributed by atoms with Crippen LogP contribution in [-0.2, 0) is 10.5 Å². The normalized spacial score (nSPS) is 23.8. The van der Waals surface area contributed by atoms with Gasteiger partial charge < -0.3 is 14.9 Å². The number of phenolic OH excluding ortho intramolecular Hbond substituents is 2.